The number of aliphatic hydroxyl groups excluding tert-OH is 1. The predicted octanol–water partition coefficient (Wildman–Crippen LogP) is 5.55. The third-order valence-electron chi connectivity index (χ3n) is 6.60. The number of ketones is 1. The third-order valence-corrected chi connectivity index (χ3v) is 6.60. The van der Waals surface area contributed by atoms with Crippen LogP contribution in [0.4, 0.5) is 11.4 Å². The van der Waals surface area contributed by atoms with Crippen molar-refractivity contribution in [2.24, 2.45) is 0 Å². The maximum atomic E-state index is 13.4. The largest absolute Gasteiger partial charge is 0.507 e. The highest BCUT2D eigenvalue weighted by molar-refractivity contribution is 6.51. The Labute approximate surface area is 231 Å². The molecule has 1 aliphatic heterocycles. The molecule has 8 heteroatoms. The molecule has 3 aromatic carbocycles. The van der Waals surface area contributed by atoms with Gasteiger partial charge >= 0.3 is 0 Å². The summed E-state index contributed by atoms with van der Waals surface area (Å²) in [5.74, 6) is -1.52. The molecule has 0 saturated carbocycles. The minimum atomic E-state index is -0.912. The monoisotopic (exact) mass is 533 g/mol. The van der Waals surface area contributed by atoms with Crippen LogP contribution in [0.3, 0.4) is 0 Å². The fourth-order valence-corrected chi connectivity index (χ4v) is 4.75. The van der Waals surface area contributed by atoms with Crippen molar-refractivity contribution < 1.29 is 24.2 Å². The second-order valence-electron chi connectivity index (χ2n) is 9.44. The van der Waals surface area contributed by atoms with Gasteiger partial charge in [-0.25, -0.2) is 0 Å². The summed E-state index contributed by atoms with van der Waals surface area (Å²) in [5, 5.41) is 14.2. The Morgan fingerprint density at radius 2 is 1.73 bits per heavy atom. The van der Waals surface area contributed by atoms with Gasteiger partial charge in [0.25, 0.3) is 11.7 Å². The number of Topliss-reactive ketones (excluding diaryl/α,β-unsaturated/α-hetero) is 1. The zero-order chi connectivity index (χ0) is 28.2. The highest BCUT2D eigenvalue weighted by atomic mass is 16.5. The first-order valence-corrected chi connectivity index (χ1v) is 12.7. The molecule has 0 spiro atoms. The first kappa shape index (κ1) is 26.4. The molecule has 0 radical (unpaired) electrons. The van der Waals surface area contributed by atoms with E-state index in [9.17, 15) is 19.5 Å². The van der Waals surface area contributed by atoms with Gasteiger partial charge in [-0.15, -0.1) is 0 Å². The number of benzene rings is 3. The second-order valence-corrected chi connectivity index (χ2v) is 9.44. The van der Waals surface area contributed by atoms with Crippen molar-refractivity contribution in [2.75, 3.05) is 10.2 Å². The maximum Gasteiger partial charge on any atom is 0.300 e. The number of anilines is 2. The van der Waals surface area contributed by atoms with Gasteiger partial charge in [0.15, 0.2) is 0 Å². The van der Waals surface area contributed by atoms with Crippen molar-refractivity contribution in [3.05, 3.63) is 125 Å². The number of nitrogens with one attached hydrogen (secondary N) is 1. The highest BCUT2D eigenvalue weighted by Gasteiger charge is 2.47. The number of ether oxygens (including phenoxy) is 1. The van der Waals surface area contributed by atoms with E-state index < -0.39 is 17.7 Å². The number of aromatic nitrogens is 1. The maximum absolute atomic E-state index is 13.4. The van der Waals surface area contributed by atoms with E-state index >= 15 is 0 Å². The normalized spacial score (nSPS) is 16.1. The number of pyridine rings is 1. The van der Waals surface area contributed by atoms with Gasteiger partial charge in [-0.1, -0.05) is 36.4 Å². The zero-order valence-corrected chi connectivity index (χ0v) is 22.0. The molecule has 1 unspecified atom stereocenters. The van der Waals surface area contributed by atoms with Gasteiger partial charge < -0.3 is 15.2 Å². The lowest BCUT2D eigenvalue weighted by Crippen LogP contribution is -2.29. The van der Waals surface area contributed by atoms with Crippen LogP contribution in [0.1, 0.15) is 35.2 Å². The molecule has 2 amide bonds. The molecule has 8 nitrogen and oxygen atoms in total. The molecule has 1 aliphatic rings. The Bertz CT molecular complexity index is 1620. The minimum absolute atomic E-state index is 0.0431. The number of carbonyl (C=O) groups excluding carboxylic acids is 3. The average molecular weight is 534 g/mol. The van der Waals surface area contributed by atoms with Crippen molar-refractivity contribution in [3.63, 3.8) is 0 Å². The van der Waals surface area contributed by atoms with E-state index in [-0.39, 0.29) is 17.2 Å². The van der Waals surface area contributed by atoms with Gasteiger partial charge in [0, 0.05) is 36.3 Å². The van der Waals surface area contributed by atoms with E-state index in [0.29, 0.717) is 34.9 Å². The minimum Gasteiger partial charge on any atom is -0.507 e. The van der Waals surface area contributed by atoms with Gasteiger partial charge in [0.1, 0.15) is 18.1 Å². The molecule has 0 bridgehead atoms. The number of hydrogen-bond acceptors (Lipinski definition) is 6. The highest BCUT2D eigenvalue weighted by Crippen LogP contribution is 2.42. The molecule has 1 atom stereocenters. The van der Waals surface area contributed by atoms with E-state index in [1.54, 1.807) is 67.0 Å². The second kappa shape index (κ2) is 11.2. The van der Waals surface area contributed by atoms with Crippen LogP contribution in [0.15, 0.2) is 103 Å². The van der Waals surface area contributed by atoms with Gasteiger partial charge in [-0.3, -0.25) is 24.3 Å². The van der Waals surface area contributed by atoms with Crippen LogP contribution in [0.2, 0.25) is 0 Å². The molecular weight excluding hydrogens is 506 g/mol. The molecule has 200 valence electrons. The van der Waals surface area contributed by atoms with E-state index in [1.807, 2.05) is 37.3 Å². The van der Waals surface area contributed by atoms with Crippen LogP contribution in [0.25, 0.3) is 5.76 Å². The standard InChI is InChI=1S/C32H27N3O5/c1-20-17-24(11-12-27(20)40-19-22-7-4-3-5-8-22)30(37)28-29(23-13-15-33-16-14-23)35(32(39)31(28)38)26-10-6-9-25(18-26)34-21(2)36/h3-18,29,37H,19H2,1-2H3,(H,34,36)/b30-28+. The lowest BCUT2D eigenvalue weighted by molar-refractivity contribution is -0.132. The quantitative estimate of drug-likeness (QED) is 0.183. The Hall–Kier alpha value is -5.24. The lowest BCUT2D eigenvalue weighted by Gasteiger charge is -2.25. The van der Waals surface area contributed by atoms with E-state index in [0.717, 1.165) is 11.1 Å². The summed E-state index contributed by atoms with van der Waals surface area (Å²) in [4.78, 5) is 43.9. The number of nitrogens with zero attached hydrogens (tertiary/aromatic N) is 2. The van der Waals surface area contributed by atoms with Crippen molar-refractivity contribution in [3.8, 4) is 5.75 Å². The van der Waals surface area contributed by atoms with E-state index in [1.165, 1.54) is 11.8 Å². The van der Waals surface area contributed by atoms with Crippen molar-refractivity contribution in [1.29, 1.82) is 0 Å². The molecule has 40 heavy (non-hydrogen) atoms. The molecule has 1 aromatic heterocycles. The van der Waals surface area contributed by atoms with Gasteiger partial charge in [-0.05, 0) is 72.1 Å². The predicted molar refractivity (Wildman–Crippen MR) is 152 cm³/mol. The molecule has 2 heterocycles. The zero-order valence-electron chi connectivity index (χ0n) is 22.0. The van der Waals surface area contributed by atoms with E-state index in [2.05, 4.69) is 10.3 Å². The van der Waals surface area contributed by atoms with Gasteiger partial charge in [-0.2, -0.15) is 0 Å². The Kier molecular flexibility index (Phi) is 7.41. The van der Waals surface area contributed by atoms with Crippen LogP contribution >= 0.6 is 0 Å². The van der Waals surface area contributed by atoms with Gasteiger partial charge in [0.2, 0.25) is 5.91 Å². The van der Waals surface area contributed by atoms with Crippen molar-refractivity contribution >= 4 is 34.7 Å². The van der Waals surface area contributed by atoms with E-state index in [4.69, 9.17) is 4.74 Å². The Morgan fingerprint density at radius 1 is 0.975 bits per heavy atom. The summed E-state index contributed by atoms with van der Waals surface area (Å²) >= 11 is 0. The number of hydrogen-bond donors (Lipinski definition) is 2. The molecule has 1 fully saturated rings. The van der Waals surface area contributed by atoms with Crippen LogP contribution < -0.4 is 15.0 Å². The summed E-state index contributed by atoms with van der Waals surface area (Å²) in [7, 11) is 0. The molecule has 0 aliphatic carbocycles. The summed E-state index contributed by atoms with van der Waals surface area (Å²) in [6, 6.07) is 24.0. The Morgan fingerprint density at radius 3 is 2.42 bits per heavy atom. The number of rotatable bonds is 7. The van der Waals surface area contributed by atoms with Gasteiger partial charge in [0.05, 0.1) is 11.6 Å². The summed E-state index contributed by atoms with van der Waals surface area (Å²) < 4.78 is 5.96. The third kappa shape index (κ3) is 5.33. The fraction of sp³-hybridized carbons (Fsp3) is 0.125. The van der Waals surface area contributed by atoms with Crippen LogP contribution in [0.5, 0.6) is 5.75 Å². The Balaban J connectivity index is 1.54. The van der Waals surface area contributed by atoms with Crippen molar-refractivity contribution in [2.45, 2.75) is 26.5 Å². The first-order chi connectivity index (χ1) is 19.3. The number of aliphatic hydroxyl groups is 1. The molecule has 4 aromatic rings. The topological polar surface area (TPSA) is 109 Å². The lowest BCUT2D eigenvalue weighted by atomic mass is 9.95. The molecule has 5 rings (SSSR count). The number of aryl methyl sites for hydroxylation is 1. The summed E-state index contributed by atoms with van der Waals surface area (Å²) in [6.07, 6.45) is 3.12. The smallest absolute Gasteiger partial charge is 0.300 e. The van der Waals surface area contributed by atoms with Crippen LogP contribution in [0, 0.1) is 6.92 Å². The number of carbonyl (C=O) groups is 3. The SMILES string of the molecule is CC(=O)Nc1cccc(N2C(=O)C(=O)/C(=C(/O)c3ccc(OCc4ccccc4)c(C)c3)C2c2ccncc2)c1. The average Bonchev–Trinajstić information content (AvgIpc) is 3.22. The summed E-state index contributed by atoms with van der Waals surface area (Å²) in [5.41, 5.74) is 3.59. The fourth-order valence-electron chi connectivity index (χ4n) is 4.75. The van der Waals surface area contributed by atoms with Crippen molar-refractivity contribution in [1.82, 2.24) is 4.98 Å². The molecule has 2 N–H and O–H groups in total. The number of amides is 2. The molecule has 1 saturated heterocycles. The van der Waals surface area contributed by atoms with Crippen LogP contribution in [-0.4, -0.2) is 27.7 Å². The van der Waals surface area contributed by atoms with Crippen LogP contribution in [-0.2, 0) is 21.0 Å². The first-order valence-electron chi connectivity index (χ1n) is 12.7. The summed E-state index contributed by atoms with van der Waals surface area (Å²) in [6.45, 7) is 3.62. The molecular formula is C32H27N3O5.